The molecule has 2 rings (SSSR count). The molecule has 1 fully saturated rings. The van der Waals surface area contributed by atoms with Crippen LogP contribution in [0.5, 0.6) is 0 Å². The number of piperidine rings is 1. The van der Waals surface area contributed by atoms with E-state index in [1.165, 1.54) is 32.4 Å². The lowest BCUT2D eigenvalue weighted by molar-refractivity contribution is 0.0598. The molecule has 8 nitrogen and oxygen atoms in total. The first-order valence-electron chi connectivity index (χ1n) is 7.83. The molecule has 1 aliphatic heterocycles. The molecule has 1 aliphatic rings. The van der Waals surface area contributed by atoms with Gasteiger partial charge in [-0.15, -0.1) is 12.4 Å². The summed E-state index contributed by atoms with van der Waals surface area (Å²) >= 11 is 0. The number of hydrogen-bond donors (Lipinski definition) is 2. The number of carbonyl (C=O) groups is 2. The largest absolute Gasteiger partial charge is 0.465 e. The second-order valence-corrected chi connectivity index (χ2v) is 7.64. The maximum absolute atomic E-state index is 12.7. The second-order valence-electron chi connectivity index (χ2n) is 5.93. The highest BCUT2D eigenvalue weighted by atomic mass is 35.5. The summed E-state index contributed by atoms with van der Waals surface area (Å²) in [6, 6.07) is 3.33. The van der Waals surface area contributed by atoms with Gasteiger partial charge in [0.05, 0.1) is 30.2 Å². The van der Waals surface area contributed by atoms with Crippen LogP contribution in [0.2, 0.25) is 0 Å². The Morgan fingerprint density at radius 1 is 1.12 bits per heavy atom. The Bertz CT molecular complexity index is 734. The van der Waals surface area contributed by atoms with Gasteiger partial charge in [0.25, 0.3) is 0 Å². The van der Waals surface area contributed by atoms with Gasteiger partial charge >= 0.3 is 11.9 Å². The van der Waals surface area contributed by atoms with Crippen LogP contribution in [0.1, 0.15) is 34.1 Å². The molecule has 0 saturated carbocycles. The Morgan fingerprint density at radius 2 is 1.65 bits per heavy atom. The molecule has 0 aliphatic carbocycles. The SMILES string of the molecule is COC(=O)c1cc(C(=O)OC)cc(S(=O)(=O)NC2CNCCC2C)c1.Cl. The van der Waals surface area contributed by atoms with Crippen LogP contribution < -0.4 is 10.0 Å². The van der Waals surface area contributed by atoms with Crippen molar-refractivity contribution in [3.8, 4) is 0 Å². The van der Waals surface area contributed by atoms with E-state index < -0.39 is 22.0 Å². The Balaban J connectivity index is 0.00000338. The predicted molar refractivity (Wildman–Crippen MR) is 97.1 cm³/mol. The molecule has 0 bridgehead atoms. The number of hydrogen-bond acceptors (Lipinski definition) is 7. The third-order valence-corrected chi connectivity index (χ3v) is 5.66. The summed E-state index contributed by atoms with van der Waals surface area (Å²) in [5.41, 5.74) is -0.0822. The van der Waals surface area contributed by atoms with Crippen LogP contribution in [0.4, 0.5) is 0 Å². The first kappa shape index (κ1) is 22.4. The average Bonchev–Trinajstić information content (AvgIpc) is 2.61. The van der Waals surface area contributed by atoms with Gasteiger partial charge < -0.3 is 14.8 Å². The third kappa shape index (κ3) is 5.16. The Hall–Kier alpha value is -1.68. The number of benzene rings is 1. The fraction of sp³-hybridized carbons (Fsp3) is 0.500. The van der Waals surface area contributed by atoms with Crippen molar-refractivity contribution in [3.05, 3.63) is 29.3 Å². The van der Waals surface area contributed by atoms with Crippen LogP contribution in [-0.4, -0.2) is 53.7 Å². The van der Waals surface area contributed by atoms with Gasteiger partial charge in [-0.05, 0) is 37.1 Å². The monoisotopic (exact) mass is 406 g/mol. The maximum Gasteiger partial charge on any atom is 0.337 e. The zero-order valence-corrected chi connectivity index (χ0v) is 16.4. The van der Waals surface area contributed by atoms with Crippen LogP contribution in [0.3, 0.4) is 0 Å². The van der Waals surface area contributed by atoms with Gasteiger partial charge in [-0.3, -0.25) is 0 Å². The molecule has 0 radical (unpaired) electrons. The number of carbonyl (C=O) groups excluding carboxylic acids is 2. The summed E-state index contributed by atoms with van der Waals surface area (Å²) in [5, 5.41) is 3.14. The van der Waals surface area contributed by atoms with Crippen molar-refractivity contribution in [1.29, 1.82) is 0 Å². The number of sulfonamides is 1. The van der Waals surface area contributed by atoms with E-state index in [1.54, 1.807) is 0 Å². The number of nitrogens with one attached hydrogen (secondary N) is 2. The van der Waals surface area contributed by atoms with E-state index in [1.807, 2.05) is 6.92 Å². The Morgan fingerprint density at radius 3 is 2.12 bits per heavy atom. The Kier molecular flexibility index (Phi) is 8.01. The summed E-state index contributed by atoms with van der Waals surface area (Å²) in [7, 11) is -1.58. The van der Waals surface area contributed by atoms with E-state index >= 15 is 0 Å². The van der Waals surface area contributed by atoms with Crippen molar-refractivity contribution in [1.82, 2.24) is 10.0 Å². The lowest BCUT2D eigenvalue weighted by Gasteiger charge is -2.30. The summed E-state index contributed by atoms with van der Waals surface area (Å²) < 4.78 is 37.3. The smallest absolute Gasteiger partial charge is 0.337 e. The van der Waals surface area contributed by atoms with E-state index in [2.05, 4.69) is 19.5 Å². The van der Waals surface area contributed by atoms with Gasteiger partial charge in [0, 0.05) is 12.6 Å². The van der Waals surface area contributed by atoms with Crippen molar-refractivity contribution < 1.29 is 27.5 Å². The molecule has 146 valence electrons. The summed E-state index contributed by atoms with van der Waals surface area (Å²) in [5.74, 6) is -1.32. The standard InChI is InChI=1S/C16H22N2O6S.ClH/c1-10-4-5-17-9-14(10)18-25(21,22)13-7-11(15(19)23-2)6-12(8-13)16(20)24-3;/h6-8,10,14,17-18H,4-5,9H2,1-3H3;1H. The fourth-order valence-corrected chi connectivity index (χ4v) is 4.05. The number of rotatable bonds is 5. The lowest BCUT2D eigenvalue weighted by Crippen LogP contribution is -2.50. The van der Waals surface area contributed by atoms with Crippen molar-refractivity contribution >= 4 is 34.4 Å². The van der Waals surface area contributed by atoms with Gasteiger partial charge in [-0.2, -0.15) is 0 Å². The summed E-state index contributed by atoms with van der Waals surface area (Å²) in [6.45, 7) is 3.32. The molecule has 0 aromatic heterocycles. The van der Waals surface area contributed by atoms with E-state index in [0.717, 1.165) is 13.0 Å². The molecule has 2 atom stereocenters. The zero-order chi connectivity index (χ0) is 18.6. The molecule has 1 heterocycles. The molecule has 10 heteroatoms. The molecule has 1 aromatic carbocycles. The summed E-state index contributed by atoms with van der Waals surface area (Å²) in [6.07, 6.45) is 0.850. The van der Waals surface area contributed by atoms with Crippen LogP contribution in [0.15, 0.2) is 23.1 Å². The maximum atomic E-state index is 12.7. The predicted octanol–water partition coefficient (Wildman–Crippen LogP) is 0.958. The van der Waals surface area contributed by atoms with Crippen LogP contribution in [-0.2, 0) is 19.5 Å². The molecule has 26 heavy (non-hydrogen) atoms. The highest BCUT2D eigenvalue weighted by Crippen LogP contribution is 2.20. The highest BCUT2D eigenvalue weighted by Gasteiger charge is 2.28. The molecule has 1 saturated heterocycles. The van der Waals surface area contributed by atoms with Gasteiger partial charge in [-0.25, -0.2) is 22.7 Å². The number of methoxy groups -OCH3 is 2. The van der Waals surface area contributed by atoms with E-state index in [0.29, 0.717) is 6.54 Å². The minimum Gasteiger partial charge on any atom is -0.465 e. The van der Waals surface area contributed by atoms with E-state index in [4.69, 9.17) is 0 Å². The first-order chi connectivity index (χ1) is 11.8. The molecular weight excluding hydrogens is 384 g/mol. The molecular formula is C16H23ClN2O6S. The molecule has 0 amide bonds. The number of halogens is 1. The number of esters is 2. The van der Waals surface area contributed by atoms with E-state index in [-0.39, 0.29) is 40.4 Å². The molecule has 2 unspecified atom stereocenters. The van der Waals surface area contributed by atoms with Crippen molar-refractivity contribution in [3.63, 3.8) is 0 Å². The highest BCUT2D eigenvalue weighted by molar-refractivity contribution is 7.89. The Labute approximate surface area is 159 Å². The van der Waals surface area contributed by atoms with Crippen LogP contribution in [0.25, 0.3) is 0 Å². The van der Waals surface area contributed by atoms with Gasteiger partial charge in [-0.1, -0.05) is 6.92 Å². The zero-order valence-electron chi connectivity index (χ0n) is 14.8. The molecule has 0 spiro atoms. The van der Waals surface area contributed by atoms with Gasteiger partial charge in [0.2, 0.25) is 10.0 Å². The first-order valence-corrected chi connectivity index (χ1v) is 9.31. The van der Waals surface area contributed by atoms with Gasteiger partial charge in [0.1, 0.15) is 0 Å². The minimum absolute atomic E-state index is 0. The average molecular weight is 407 g/mol. The third-order valence-electron chi connectivity index (χ3n) is 4.19. The topological polar surface area (TPSA) is 111 Å². The fourth-order valence-electron chi connectivity index (χ4n) is 2.64. The second kappa shape index (κ2) is 9.31. The minimum atomic E-state index is -3.93. The van der Waals surface area contributed by atoms with Crippen molar-refractivity contribution in [2.45, 2.75) is 24.3 Å². The summed E-state index contributed by atoms with van der Waals surface area (Å²) in [4.78, 5) is 23.4. The van der Waals surface area contributed by atoms with Crippen LogP contribution >= 0.6 is 12.4 Å². The normalized spacial score (nSPS) is 20.0. The molecule has 2 N–H and O–H groups in total. The van der Waals surface area contributed by atoms with Gasteiger partial charge in [0.15, 0.2) is 0 Å². The number of ether oxygens (including phenoxy) is 2. The van der Waals surface area contributed by atoms with Crippen LogP contribution in [0, 0.1) is 5.92 Å². The quantitative estimate of drug-likeness (QED) is 0.700. The van der Waals surface area contributed by atoms with E-state index in [9.17, 15) is 18.0 Å². The van der Waals surface area contributed by atoms with Crippen molar-refractivity contribution in [2.75, 3.05) is 27.3 Å². The van der Waals surface area contributed by atoms with Crippen molar-refractivity contribution in [2.24, 2.45) is 5.92 Å². The lowest BCUT2D eigenvalue weighted by atomic mass is 9.96. The molecule has 1 aromatic rings.